The van der Waals surface area contributed by atoms with E-state index >= 15 is 0 Å². The summed E-state index contributed by atoms with van der Waals surface area (Å²) in [4.78, 5) is 27.9. The Kier molecular flexibility index (Phi) is 3.94. The Morgan fingerprint density at radius 1 is 1.23 bits per heavy atom. The number of nitrogens with zero attached hydrogens (tertiary/aromatic N) is 6. The van der Waals surface area contributed by atoms with Crippen molar-refractivity contribution >= 4 is 23.2 Å². The van der Waals surface area contributed by atoms with E-state index in [9.17, 15) is 4.79 Å². The molecule has 3 aromatic rings. The maximum atomic E-state index is 11.5. The van der Waals surface area contributed by atoms with E-state index < -0.39 is 0 Å². The molecule has 0 saturated heterocycles. The van der Waals surface area contributed by atoms with Gasteiger partial charge in [0.15, 0.2) is 5.82 Å². The van der Waals surface area contributed by atoms with Gasteiger partial charge in [0.05, 0.1) is 17.4 Å². The summed E-state index contributed by atoms with van der Waals surface area (Å²) in [5, 5.41) is 7.32. The van der Waals surface area contributed by atoms with Gasteiger partial charge in [-0.15, -0.1) is 0 Å². The van der Waals surface area contributed by atoms with Crippen molar-refractivity contribution in [3.8, 4) is 11.4 Å². The molecule has 0 bridgehead atoms. The van der Waals surface area contributed by atoms with Gasteiger partial charge in [-0.05, 0) is 38.5 Å². The highest BCUT2D eigenvalue weighted by Crippen LogP contribution is 2.58. The molecular formula is C23H25N7O. The number of fused-ring (bicyclic) bond motifs is 2. The number of carbonyl (C=O) groups excluding carboxylic acids is 1. The molecule has 1 N–H and O–H groups in total. The van der Waals surface area contributed by atoms with Gasteiger partial charge in [-0.1, -0.05) is 0 Å². The molecule has 158 valence electrons. The standard InChI is InChI=1S/C23H25N7O/c1-14-7-21(28-22(26-14)17-9-25-29(12-17)11-16-3-4-16)30-13-23(5-6-23)18-10-24-20(8-19(18)30)27-15(2)31/h7-10,12,16H,3-6,11,13H2,1-2H3,(H,24,27,31). The lowest BCUT2D eigenvalue weighted by atomic mass is 10.0. The summed E-state index contributed by atoms with van der Waals surface area (Å²) in [5.74, 6) is 2.79. The summed E-state index contributed by atoms with van der Waals surface area (Å²) in [6, 6.07) is 4.00. The fourth-order valence-electron chi connectivity index (χ4n) is 4.54. The van der Waals surface area contributed by atoms with E-state index in [2.05, 4.69) is 31.5 Å². The molecule has 0 atom stereocenters. The van der Waals surface area contributed by atoms with Crippen molar-refractivity contribution in [2.24, 2.45) is 5.92 Å². The number of aromatic nitrogens is 5. The molecule has 3 aliphatic rings. The molecule has 2 saturated carbocycles. The zero-order valence-electron chi connectivity index (χ0n) is 17.8. The molecule has 8 nitrogen and oxygen atoms in total. The van der Waals surface area contributed by atoms with Crippen LogP contribution in [0.15, 0.2) is 30.7 Å². The molecule has 8 heteroatoms. The molecule has 31 heavy (non-hydrogen) atoms. The van der Waals surface area contributed by atoms with Crippen LogP contribution in [0.5, 0.6) is 0 Å². The second-order valence-electron chi connectivity index (χ2n) is 9.22. The van der Waals surface area contributed by atoms with E-state index in [1.54, 1.807) is 0 Å². The first kappa shape index (κ1) is 18.5. The van der Waals surface area contributed by atoms with Crippen LogP contribution in [0.2, 0.25) is 0 Å². The van der Waals surface area contributed by atoms with Gasteiger partial charge in [0.1, 0.15) is 11.6 Å². The summed E-state index contributed by atoms with van der Waals surface area (Å²) in [6.07, 6.45) is 10.7. The van der Waals surface area contributed by atoms with Crippen LogP contribution in [0, 0.1) is 12.8 Å². The van der Waals surface area contributed by atoms with E-state index in [0.717, 1.165) is 54.6 Å². The molecule has 0 aromatic carbocycles. The number of amides is 1. The van der Waals surface area contributed by atoms with Crippen LogP contribution in [-0.2, 0) is 16.8 Å². The summed E-state index contributed by atoms with van der Waals surface area (Å²) in [6.45, 7) is 5.35. The van der Waals surface area contributed by atoms with Gasteiger partial charge in [0, 0.05) is 61.2 Å². The van der Waals surface area contributed by atoms with E-state index in [1.165, 1.54) is 25.3 Å². The fraction of sp³-hybridized carbons (Fsp3) is 0.435. The summed E-state index contributed by atoms with van der Waals surface area (Å²) >= 11 is 0. The zero-order valence-corrected chi connectivity index (χ0v) is 17.8. The van der Waals surface area contributed by atoms with Gasteiger partial charge in [0.2, 0.25) is 5.91 Å². The Labute approximate surface area is 180 Å². The average Bonchev–Trinajstić information content (AvgIpc) is 3.62. The van der Waals surface area contributed by atoms with E-state index in [-0.39, 0.29) is 11.3 Å². The number of nitrogens with one attached hydrogen (secondary N) is 1. The van der Waals surface area contributed by atoms with Crippen LogP contribution in [0.3, 0.4) is 0 Å². The molecule has 3 aromatic heterocycles. The first-order valence-corrected chi connectivity index (χ1v) is 10.9. The van der Waals surface area contributed by atoms with Crippen LogP contribution in [-0.4, -0.2) is 37.2 Å². The number of anilines is 3. The average molecular weight is 416 g/mol. The number of hydrogen-bond acceptors (Lipinski definition) is 6. The smallest absolute Gasteiger partial charge is 0.222 e. The second-order valence-corrected chi connectivity index (χ2v) is 9.22. The monoisotopic (exact) mass is 415 g/mol. The minimum Gasteiger partial charge on any atom is -0.325 e. The highest BCUT2D eigenvalue weighted by atomic mass is 16.1. The van der Waals surface area contributed by atoms with Gasteiger partial charge in [-0.2, -0.15) is 5.10 Å². The van der Waals surface area contributed by atoms with Crippen molar-refractivity contribution in [2.45, 2.75) is 51.5 Å². The molecule has 2 aliphatic carbocycles. The van der Waals surface area contributed by atoms with Gasteiger partial charge in [-0.25, -0.2) is 15.0 Å². The van der Waals surface area contributed by atoms with Gasteiger partial charge in [0.25, 0.3) is 0 Å². The first-order valence-electron chi connectivity index (χ1n) is 10.9. The third kappa shape index (κ3) is 3.36. The van der Waals surface area contributed by atoms with E-state index in [0.29, 0.717) is 11.6 Å². The molecule has 0 radical (unpaired) electrons. The van der Waals surface area contributed by atoms with Crippen molar-refractivity contribution in [3.63, 3.8) is 0 Å². The maximum absolute atomic E-state index is 11.5. The molecule has 1 aliphatic heterocycles. The molecule has 2 fully saturated rings. The van der Waals surface area contributed by atoms with Gasteiger partial charge in [-0.3, -0.25) is 9.48 Å². The van der Waals surface area contributed by atoms with Gasteiger partial charge >= 0.3 is 0 Å². The van der Waals surface area contributed by atoms with Crippen molar-refractivity contribution < 1.29 is 4.79 Å². The predicted molar refractivity (Wildman–Crippen MR) is 117 cm³/mol. The summed E-state index contributed by atoms with van der Waals surface area (Å²) in [5.41, 5.74) is 4.34. The maximum Gasteiger partial charge on any atom is 0.222 e. The second kappa shape index (κ2) is 6.60. The Bertz CT molecular complexity index is 1190. The molecule has 1 amide bonds. The number of rotatable bonds is 5. The quantitative estimate of drug-likeness (QED) is 0.685. The predicted octanol–water partition coefficient (Wildman–Crippen LogP) is 3.60. The van der Waals surface area contributed by atoms with Crippen LogP contribution >= 0.6 is 0 Å². The fourth-order valence-corrected chi connectivity index (χ4v) is 4.54. The van der Waals surface area contributed by atoms with Crippen LogP contribution in [0.1, 0.15) is 43.9 Å². The van der Waals surface area contributed by atoms with E-state index in [4.69, 9.17) is 4.98 Å². The highest BCUT2D eigenvalue weighted by molar-refractivity contribution is 5.89. The Balaban J connectivity index is 1.37. The van der Waals surface area contributed by atoms with Crippen LogP contribution in [0.25, 0.3) is 11.4 Å². The minimum atomic E-state index is -0.124. The van der Waals surface area contributed by atoms with Gasteiger partial charge < -0.3 is 10.2 Å². The van der Waals surface area contributed by atoms with Crippen molar-refractivity contribution in [1.29, 1.82) is 0 Å². The Hall–Kier alpha value is -3.29. The van der Waals surface area contributed by atoms with E-state index in [1.807, 2.05) is 36.1 Å². The molecule has 4 heterocycles. The summed E-state index contributed by atoms with van der Waals surface area (Å²) in [7, 11) is 0. The summed E-state index contributed by atoms with van der Waals surface area (Å²) < 4.78 is 2.01. The normalized spacial score (nSPS) is 18.3. The topological polar surface area (TPSA) is 88.8 Å². The van der Waals surface area contributed by atoms with Crippen LogP contribution in [0.4, 0.5) is 17.3 Å². The molecule has 0 unspecified atom stereocenters. The lowest BCUT2D eigenvalue weighted by molar-refractivity contribution is -0.114. The number of pyridine rings is 1. The van der Waals surface area contributed by atoms with Crippen molar-refractivity contribution in [3.05, 3.63) is 42.0 Å². The van der Waals surface area contributed by atoms with Crippen molar-refractivity contribution in [2.75, 3.05) is 16.8 Å². The Morgan fingerprint density at radius 3 is 2.81 bits per heavy atom. The third-order valence-corrected chi connectivity index (χ3v) is 6.51. The highest BCUT2D eigenvalue weighted by Gasteiger charge is 2.52. The zero-order chi connectivity index (χ0) is 21.2. The van der Waals surface area contributed by atoms with Crippen LogP contribution < -0.4 is 10.2 Å². The minimum absolute atomic E-state index is 0.124. The first-order chi connectivity index (χ1) is 15.0. The SMILES string of the molecule is CC(=O)Nc1cc2c(cn1)C1(CC1)CN2c1cc(C)nc(-c2cnn(CC3CC3)c2)n1. The third-order valence-electron chi connectivity index (χ3n) is 6.51. The largest absolute Gasteiger partial charge is 0.325 e. The number of aryl methyl sites for hydroxylation is 1. The Morgan fingerprint density at radius 2 is 2.06 bits per heavy atom. The lowest BCUT2D eigenvalue weighted by Gasteiger charge is -2.20. The number of carbonyl (C=O) groups is 1. The lowest BCUT2D eigenvalue weighted by Crippen LogP contribution is -2.20. The molecular weight excluding hydrogens is 390 g/mol. The van der Waals surface area contributed by atoms with Crippen molar-refractivity contribution in [1.82, 2.24) is 24.7 Å². The number of hydrogen-bond donors (Lipinski definition) is 1. The molecule has 1 spiro atoms. The molecule has 6 rings (SSSR count).